The van der Waals surface area contributed by atoms with Crippen LogP contribution in [-0.2, 0) is 27.9 Å². The average molecular weight is 471 g/mol. The fraction of sp³-hybridized carbons (Fsp3) is 0.409. The highest BCUT2D eigenvalue weighted by Gasteiger charge is 2.27. The Hall–Kier alpha value is -2.43. The molecular formula is C22H25F3N2O4S. The first-order chi connectivity index (χ1) is 15.1. The minimum Gasteiger partial charge on any atom is -0.367 e. The van der Waals surface area contributed by atoms with E-state index in [2.05, 4.69) is 10.1 Å². The summed E-state index contributed by atoms with van der Waals surface area (Å²) >= 11 is 0. The van der Waals surface area contributed by atoms with E-state index in [0.717, 1.165) is 24.8 Å². The van der Waals surface area contributed by atoms with Gasteiger partial charge in [-0.15, -0.1) is 0 Å². The van der Waals surface area contributed by atoms with Gasteiger partial charge in [-0.05, 0) is 48.2 Å². The SMILES string of the molecule is O=C(NCc1ccc(S(=O)(=O)N2CCCCC2)cc1)c1ccc(COCC(F)(F)F)cc1. The van der Waals surface area contributed by atoms with E-state index >= 15 is 0 Å². The van der Waals surface area contributed by atoms with Crippen LogP contribution in [0.1, 0.15) is 40.7 Å². The van der Waals surface area contributed by atoms with E-state index in [-0.39, 0.29) is 24.0 Å². The van der Waals surface area contributed by atoms with Crippen molar-refractivity contribution in [1.29, 1.82) is 0 Å². The van der Waals surface area contributed by atoms with Crippen LogP contribution in [0.25, 0.3) is 0 Å². The van der Waals surface area contributed by atoms with Crippen molar-refractivity contribution in [3.63, 3.8) is 0 Å². The van der Waals surface area contributed by atoms with Crippen LogP contribution in [0.5, 0.6) is 0 Å². The Morgan fingerprint density at radius 1 is 0.938 bits per heavy atom. The average Bonchev–Trinajstić information content (AvgIpc) is 2.78. The Balaban J connectivity index is 1.51. The maximum atomic E-state index is 12.7. The third kappa shape index (κ3) is 6.78. The van der Waals surface area contributed by atoms with Gasteiger partial charge in [0.05, 0.1) is 11.5 Å². The van der Waals surface area contributed by atoms with Crippen molar-refractivity contribution in [3.8, 4) is 0 Å². The van der Waals surface area contributed by atoms with Gasteiger partial charge in [0.25, 0.3) is 5.91 Å². The molecule has 1 heterocycles. The molecular weight excluding hydrogens is 445 g/mol. The minimum absolute atomic E-state index is 0.200. The van der Waals surface area contributed by atoms with Crippen LogP contribution in [0.4, 0.5) is 13.2 Å². The topological polar surface area (TPSA) is 75.7 Å². The van der Waals surface area contributed by atoms with Gasteiger partial charge in [0.2, 0.25) is 10.0 Å². The molecule has 1 aliphatic heterocycles. The molecule has 10 heteroatoms. The highest BCUT2D eigenvalue weighted by atomic mass is 32.2. The first-order valence-corrected chi connectivity index (χ1v) is 11.7. The zero-order valence-electron chi connectivity index (χ0n) is 17.4. The van der Waals surface area contributed by atoms with Gasteiger partial charge in [0.1, 0.15) is 6.61 Å². The smallest absolute Gasteiger partial charge is 0.367 e. The quantitative estimate of drug-likeness (QED) is 0.636. The molecule has 6 nitrogen and oxygen atoms in total. The summed E-state index contributed by atoms with van der Waals surface area (Å²) in [7, 11) is -3.50. The zero-order chi connectivity index (χ0) is 23.2. The van der Waals surface area contributed by atoms with Crippen molar-refractivity contribution in [2.24, 2.45) is 0 Å². The Labute approximate surface area is 185 Å². The highest BCUT2D eigenvalue weighted by Crippen LogP contribution is 2.21. The second-order valence-electron chi connectivity index (χ2n) is 7.60. The lowest BCUT2D eigenvalue weighted by Crippen LogP contribution is -2.35. The van der Waals surface area contributed by atoms with Gasteiger partial charge in [0.15, 0.2) is 0 Å². The van der Waals surface area contributed by atoms with Crippen LogP contribution < -0.4 is 5.32 Å². The number of piperidine rings is 1. The van der Waals surface area contributed by atoms with Gasteiger partial charge in [-0.25, -0.2) is 8.42 Å². The molecule has 0 aliphatic carbocycles. The fourth-order valence-electron chi connectivity index (χ4n) is 3.35. The number of carbonyl (C=O) groups is 1. The first-order valence-electron chi connectivity index (χ1n) is 10.3. The van der Waals surface area contributed by atoms with Crippen LogP contribution in [0.3, 0.4) is 0 Å². The van der Waals surface area contributed by atoms with Crippen molar-refractivity contribution in [1.82, 2.24) is 9.62 Å². The summed E-state index contributed by atoms with van der Waals surface area (Å²) in [6.07, 6.45) is -1.61. The maximum absolute atomic E-state index is 12.7. The van der Waals surface area contributed by atoms with E-state index in [1.165, 1.54) is 28.6 Å². The normalized spacial score (nSPS) is 15.5. The van der Waals surface area contributed by atoms with Gasteiger partial charge in [0, 0.05) is 25.2 Å². The van der Waals surface area contributed by atoms with E-state index in [4.69, 9.17) is 0 Å². The molecule has 174 valence electrons. The van der Waals surface area contributed by atoms with Crippen molar-refractivity contribution in [2.75, 3.05) is 19.7 Å². The molecule has 3 rings (SSSR count). The number of amides is 1. The Bertz CT molecular complexity index is 1000. The van der Waals surface area contributed by atoms with Crippen LogP contribution in [0.2, 0.25) is 0 Å². The number of carbonyl (C=O) groups excluding carboxylic acids is 1. The monoisotopic (exact) mass is 470 g/mol. The molecule has 1 amide bonds. The Morgan fingerprint density at radius 3 is 2.12 bits per heavy atom. The number of alkyl halides is 3. The van der Waals surface area contributed by atoms with E-state index in [9.17, 15) is 26.4 Å². The lowest BCUT2D eigenvalue weighted by atomic mass is 10.1. The van der Waals surface area contributed by atoms with E-state index in [1.54, 1.807) is 24.3 Å². The molecule has 1 fully saturated rings. The molecule has 1 aliphatic rings. The lowest BCUT2D eigenvalue weighted by Gasteiger charge is -2.25. The molecule has 2 aromatic carbocycles. The minimum atomic E-state index is -4.38. The molecule has 1 N–H and O–H groups in total. The molecule has 0 atom stereocenters. The number of rotatable bonds is 8. The van der Waals surface area contributed by atoms with Gasteiger partial charge in [-0.1, -0.05) is 30.7 Å². The Kier molecular flexibility index (Phi) is 7.91. The molecule has 0 radical (unpaired) electrons. The standard InChI is InChI=1S/C22H25F3N2O4S/c23-22(24,25)16-31-15-18-4-8-19(9-5-18)21(28)26-14-17-6-10-20(11-7-17)32(29,30)27-12-2-1-3-13-27/h4-11H,1-3,12-16H2,(H,26,28). The molecule has 0 bridgehead atoms. The van der Waals surface area contributed by atoms with Crippen LogP contribution >= 0.6 is 0 Å². The predicted molar refractivity (Wildman–Crippen MR) is 112 cm³/mol. The van der Waals surface area contributed by atoms with Gasteiger partial charge in [-0.2, -0.15) is 17.5 Å². The highest BCUT2D eigenvalue weighted by molar-refractivity contribution is 7.89. The Morgan fingerprint density at radius 2 is 1.53 bits per heavy atom. The number of ether oxygens (including phenoxy) is 1. The summed E-state index contributed by atoms with van der Waals surface area (Å²) in [5.74, 6) is -0.349. The number of hydrogen-bond acceptors (Lipinski definition) is 4. The molecule has 2 aromatic rings. The predicted octanol–water partition coefficient (Wildman–Crippen LogP) is 3.87. The summed E-state index contributed by atoms with van der Waals surface area (Å²) in [5.41, 5.74) is 1.62. The van der Waals surface area contributed by atoms with E-state index < -0.39 is 22.8 Å². The van der Waals surface area contributed by atoms with Gasteiger partial charge in [-0.3, -0.25) is 4.79 Å². The fourth-order valence-corrected chi connectivity index (χ4v) is 4.87. The molecule has 32 heavy (non-hydrogen) atoms. The number of halogens is 3. The van der Waals surface area contributed by atoms with Crippen molar-refractivity contribution in [3.05, 3.63) is 65.2 Å². The second kappa shape index (κ2) is 10.5. The lowest BCUT2D eigenvalue weighted by molar-refractivity contribution is -0.176. The van der Waals surface area contributed by atoms with Crippen molar-refractivity contribution in [2.45, 2.75) is 43.5 Å². The number of hydrogen-bond donors (Lipinski definition) is 1. The van der Waals surface area contributed by atoms with Crippen molar-refractivity contribution < 1.29 is 31.1 Å². The van der Waals surface area contributed by atoms with Crippen LogP contribution in [0.15, 0.2) is 53.4 Å². The van der Waals surface area contributed by atoms with Crippen LogP contribution in [-0.4, -0.2) is 44.5 Å². The number of nitrogens with one attached hydrogen (secondary N) is 1. The first kappa shape index (κ1) is 24.2. The molecule has 0 aromatic heterocycles. The zero-order valence-corrected chi connectivity index (χ0v) is 18.2. The summed E-state index contributed by atoms with van der Waals surface area (Å²) in [6.45, 7) is -0.248. The summed E-state index contributed by atoms with van der Waals surface area (Å²) < 4.78 is 67.8. The van der Waals surface area contributed by atoms with Gasteiger partial charge < -0.3 is 10.1 Å². The van der Waals surface area contributed by atoms with E-state index in [0.29, 0.717) is 24.2 Å². The van der Waals surface area contributed by atoms with Gasteiger partial charge >= 0.3 is 6.18 Å². The molecule has 0 saturated carbocycles. The third-order valence-electron chi connectivity index (χ3n) is 5.08. The largest absolute Gasteiger partial charge is 0.411 e. The van der Waals surface area contributed by atoms with Crippen molar-refractivity contribution >= 4 is 15.9 Å². The summed E-state index contributed by atoms with van der Waals surface area (Å²) in [6, 6.07) is 12.5. The summed E-state index contributed by atoms with van der Waals surface area (Å²) in [4.78, 5) is 12.5. The third-order valence-corrected chi connectivity index (χ3v) is 6.99. The number of nitrogens with zero attached hydrogens (tertiary/aromatic N) is 1. The summed E-state index contributed by atoms with van der Waals surface area (Å²) in [5, 5.41) is 2.74. The second-order valence-corrected chi connectivity index (χ2v) is 9.53. The van der Waals surface area contributed by atoms with Crippen LogP contribution in [0, 0.1) is 0 Å². The maximum Gasteiger partial charge on any atom is 0.411 e. The molecule has 1 saturated heterocycles. The number of benzene rings is 2. The number of sulfonamides is 1. The molecule has 0 spiro atoms. The van der Waals surface area contributed by atoms with E-state index in [1.807, 2.05) is 0 Å². The molecule has 0 unspecified atom stereocenters.